The van der Waals surface area contributed by atoms with Gasteiger partial charge >= 0.3 is 0 Å². The first-order chi connectivity index (χ1) is 28.7. The molecule has 0 unspecified atom stereocenters. The quantitative estimate of drug-likeness (QED) is 0.0773. The normalized spacial score (nSPS) is 11.5. The number of rotatable bonds is 9. The van der Waals surface area contributed by atoms with E-state index in [0.29, 0.717) is 11.8 Å². The Morgan fingerprint density at radius 1 is 0.639 bits per heavy atom. The van der Waals surface area contributed by atoms with Crippen molar-refractivity contribution in [1.29, 1.82) is 0 Å². The molecule has 0 aliphatic rings. The molecule has 5 heteroatoms. The van der Waals surface area contributed by atoms with Gasteiger partial charge in [0.25, 0.3) is 0 Å². The van der Waals surface area contributed by atoms with Gasteiger partial charge < -0.3 is 9.13 Å². The third-order valence-corrected chi connectivity index (χ3v) is 15.3. The number of hydrogen-bond acceptors (Lipinski definition) is 1. The first-order valence-corrected chi connectivity index (χ1v) is 25.7. The van der Waals surface area contributed by atoms with Crippen LogP contribution in [0.4, 0.5) is 0 Å². The van der Waals surface area contributed by atoms with Crippen LogP contribution in [0, 0.1) is 34.9 Å². The van der Waals surface area contributed by atoms with E-state index in [0.717, 1.165) is 40.9 Å². The summed E-state index contributed by atoms with van der Waals surface area (Å²) in [6.07, 6.45) is 6.65. The number of pyridine rings is 2. The van der Waals surface area contributed by atoms with Crippen molar-refractivity contribution in [2.45, 2.75) is 78.9 Å². The van der Waals surface area contributed by atoms with Crippen LogP contribution >= 0.6 is 11.3 Å². The van der Waals surface area contributed by atoms with Gasteiger partial charge in [-0.1, -0.05) is 168 Å². The third kappa shape index (κ3) is 9.42. The summed E-state index contributed by atoms with van der Waals surface area (Å²) in [7, 11) is 7.19. The zero-order chi connectivity index (χ0) is 42.9. The van der Waals surface area contributed by atoms with Gasteiger partial charge in [0, 0.05) is 38.9 Å². The molecule has 0 atom stereocenters. The number of hydrogen-bond donors (Lipinski definition) is 0. The van der Waals surface area contributed by atoms with Gasteiger partial charge in [-0.3, -0.25) is 0 Å². The van der Waals surface area contributed by atoms with Gasteiger partial charge in [-0.25, -0.2) is 0 Å². The molecule has 3 aromatic heterocycles. The average Bonchev–Trinajstić information content (AvgIpc) is 3.60. The van der Waals surface area contributed by atoms with Crippen molar-refractivity contribution in [2.24, 2.45) is 0 Å². The molecule has 0 aliphatic carbocycles. The molecule has 0 N–H and O–H groups in total. The Balaban J connectivity index is 0.000000203. The zero-order valence-electron chi connectivity index (χ0n) is 37.2. The molecule has 3 heterocycles. The van der Waals surface area contributed by atoms with E-state index in [-0.39, 0.29) is 20.1 Å². The molecule has 315 valence electrons. The topological polar surface area (TPSA) is 7.76 Å². The van der Waals surface area contributed by atoms with Crippen molar-refractivity contribution < 1.29 is 29.2 Å². The maximum absolute atomic E-state index is 4.40. The Morgan fingerprint density at radius 3 is 1.90 bits per heavy atom. The van der Waals surface area contributed by atoms with Crippen molar-refractivity contribution in [3.8, 4) is 44.8 Å². The Bertz CT molecular complexity index is 2790. The van der Waals surface area contributed by atoms with E-state index < -0.39 is 8.07 Å². The fraction of sp³-hybridized carbons (Fsp3) is 0.214. The summed E-state index contributed by atoms with van der Waals surface area (Å²) in [6, 6.07) is 43.7. The minimum Gasteiger partial charge on any atom is -0.343 e. The van der Waals surface area contributed by atoms with Crippen LogP contribution in [0.1, 0.15) is 80.2 Å². The molecule has 8 rings (SSSR count). The van der Waals surface area contributed by atoms with Crippen LogP contribution in [-0.2, 0) is 20.1 Å². The van der Waals surface area contributed by atoms with Crippen LogP contribution in [-0.4, -0.2) is 8.07 Å². The summed E-state index contributed by atoms with van der Waals surface area (Å²) >= 11 is 1.86. The predicted molar refractivity (Wildman–Crippen MR) is 263 cm³/mol. The van der Waals surface area contributed by atoms with Crippen LogP contribution in [0.15, 0.2) is 134 Å². The maximum Gasteiger partial charge on any atom is 0.0709 e. The summed E-state index contributed by atoms with van der Waals surface area (Å²) in [5.41, 5.74) is 15.8. The summed E-state index contributed by atoms with van der Waals surface area (Å²) in [5, 5.41) is 4.08. The van der Waals surface area contributed by atoms with Gasteiger partial charge in [-0.05, 0) is 73.7 Å². The van der Waals surface area contributed by atoms with Crippen molar-refractivity contribution in [3.05, 3.63) is 189 Å². The van der Waals surface area contributed by atoms with E-state index >= 15 is 0 Å². The minimum absolute atomic E-state index is 0. The molecular formula is C56H60IrN2SSi-2. The second-order valence-corrected chi connectivity index (χ2v) is 23.7. The predicted octanol–water partition coefficient (Wildman–Crippen LogP) is 14.5. The number of thiophene rings is 1. The van der Waals surface area contributed by atoms with E-state index in [1.54, 1.807) is 0 Å². The number of fused-ring (bicyclic) bond motifs is 3. The number of nitrogens with zero attached hydrogens (tertiary/aromatic N) is 2. The molecule has 0 amide bonds. The van der Waals surface area contributed by atoms with Crippen LogP contribution in [0.3, 0.4) is 0 Å². The molecule has 0 saturated carbocycles. The molecule has 2 nitrogen and oxygen atoms in total. The van der Waals surface area contributed by atoms with Crippen molar-refractivity contribution in [2.75, 3.05) is 0 Å². The molecule has 0 saturated heterocycles. The van der Waals surface area contributed by atoms with Crippen molar-refractivity contribution in [1.82, 2.24) is 0 Å². The molecule has 0 bridgehead atoms. The van der Waals surface area contributed by atoms with Gasteiger partial charge in [0.1, 0.15) is 0 Å². The average molecular weight is 1010 g/mol. The molecule has 5 aromatic carbocycles. The van der Waals surface area contributed by atoms with Crippen LogP contribution in [0.25, 0.3) is 64.9 Å². The maximum atomic E-state index is 4.40. The second kappa shape index (κ2) is 18.9. The largest absolute Gasteiger partial charge is 0.343 e. The van der Waals surface area contributed by atoms with E-state index in [1.807, 2.05) is 20.5 Å². The fourth-order valence-electron chi connectivity index (χ4n) is 8.63. The third-order valence-electron chi connectivity index (χ3n) is 12.0. The zero-order valence-corrected chi connectivity index (χ0v) is 41.4. The first kappa shape index (κ1) is 45.5. The van der Waals surface area contributed by atoms with Crippen LogP contribution < -0.4 is 14.3 Å². The van der Waals surface area contributed by atoms with Crippen LogP contribution in [0.2, 0.25) is 19.6 Å². The van der Waals surface area contributed by atoms with Gasteiger partial charge in [-0.15, -0.1) is 29.0 Å². The van der Waals surface area contributed by atoms with Gasteiger partial charge in [0.05, 0.1) is 31.9 Å². The van der Waals surface area contributed by atoms with E-state index in [1.165, 1.54) is 69.9 Å². The van der Waals surface area contributed by atoms with Gasteiger partial charge in [-0.2, -0.15) is 37.1 Å². The Morgan fingerprint density at radius 2 is 1.28 bits per heavy atom. The number of aryl methyl sites for hydroxylation is 1. The van der Waals surface area contributed by atoms with Crippen molar-refractivity contribution >= 4 is 44.8 Å². The van der Waals surface area contributed by atoms with E-state index in [2.05, 4.69) is 216 Å². The molecule has 0 fully saturated rings. The summed E-state index contributed by atoms with van der Waals surface area (Å²) in [6.45, 7) is 27.2. The first-order valence-electron chi connectivity index (χ1n) is 21.4. The summed E-state index contributed by atoms with van der Waals surface area (Å²) in [5.74, 6) is 1.05. The number of aromatic nitrogens is 2. The summed E-state index contributed by atoms with van der Waals surface area (Å²) in [4.78, 5) is 0. The molecule has 61 heavy (non-hydrogen) atoms. The number of benzene rings is 5. The van der Waals surface area contributed by atoms with E-state index in [4.69, 9.17) is 0 Å². The molecule has 0 aliphatic heterocycles. The minimum atomic E-state index is -1.46. The Hall–Kier alpha value is -5.03. The van der Waals surface area contributed by atoms with Gasteiger partial charge in [0.15, 0.2) is 0 Å². The van der Waals surface area contributed by atoms with Gasteiger partial charge in [0.2, 0.25) is 0 Å². The second-order valence-electron chi connectivity index (χ2n) is 17.6. The Labute approximate surface area is 384 Å². The summed E-state index contributed by atoms with van der Waals surface area (Å²) < 4.78 is 6.64. The standard InChI is InChI=1S/C30H28NS.C26H32NSi.Ir/c1-5-21(6-2)24-16-17-31(4)27(18-24)29-20(3)12-14-26-25-15-13-23(19-28(25)32-30(26)29)22-10-8-7-9-11-22;1-18(2)22-16-25(27(5)17-26(22)28(6,7)8)24-15-23(19(3)14-20(24)4)21-12-10-9-11-13-21;/h7-19,21H,3-6H2,1-2H3;9-18H,4-5H2,1-3,6-8H3;/q2*-1;. The SMILES string of the molecule is [CH2-]c1cc(C)c(-c2ccccc2)cc1-c1cc(C(C)C)c([Si](C)(C)C)c[n+]1[CH2-].[CH2-]c1ccc2c(sc3cc(-c4ccccc4)ccc32)c1-c1cc(C(CC)CC)cc[n+]1[CH2-].[Ir]. The Kier molecular flexibility index (Phi) is 14.1. The monoisotopic (exact) mass is 1010 g/mol. The molecular weight excluding hydrogens is 953 g/mol. The fourth-order valence-corrected chi connectivity index (χ4v) is 11.7. The van der Waals surface area contributed by atoms with E-state index in [9.17, 15) is 0 Å². The van der Waals surface area contributed by atoms with Crippen molar-refractivity contribution in [3.63, 3.8) is 0 Å². The molecule has 1 radical (unpaired) electrons. The smallest absolute Gasteiger partial charge is 0.0709 e. The molecule has 0 spiro atoms. The molecule has 8 aromatic rings. The van der Waals surface area contributed by atoms with Crippen LogP contribution in [0.5, 0.6) is 0 Å².